The van der Waals surface area contributed by atoms with Crippen LogP contribution in [-0.4, -0.2) is 52.4 Å². The van der Waals surface area contributed by atoms with Crippen molar-refractivity contribution in [1.29, 1.82) is 0 Å². The van der Waals surface area contributed by atoms with Gasteiger partial charge in [-0.1, -0.05) is 0 Å². The van der Waals surface area contributed by atoms with E-state index in [0.717, 1.165) is 11.1 Å². The first kappa shape index (κ1) is 19.7. The van der Waals surface area contributed by atoms with Crippen LogP contribution in [0.2, 0.25) is 0 Å². The lowest BCUT2D eigenvalue weighted by Crippen LogP contribution is -2.41. The number of benzene rings is 1. The number of carbonyl (C=O) groups excluding carboxylic acids is 1. The summed E-state index contributed by atoms with van der Waals surface area (Å²) in [5.41, 5.74) is 2.88. The predicted octanol–water partition coefficient (Wildman–Crippen LogP) is 2.44. The highest BCUT2D eigenvalue weighted by molar-refractivity contribution is 5.95. The molecule has 1 aromatic heterocycles. The fourth-order valence-electron chi connectivity index (χ4n) is 3.70. The van der Waals surface area contributed by atoms with E-state index < -0.39 is 12.0 Å². The van der Waals surface area contributed by atoms with Crippen LogP contribution in [0.1, 0.15) is 46.6 Å². The summed E-state index contributed by atoms with van der Waals surface area (Å²) in [4.78, 5) is 26.5. The Labute approximate surface area is 163 Å². The molecule has 1 aromatic carbocycles. The molecule has 2 heterocycles. The van der Waals surface area contributed by atoms with Crippen LogP contribution in [0.15, 0.2) is 18.3 Å². The van der Waals surface area contributed by atoms with E-state index in [4.69, 9.17) is 9.47 Å². The molecular weight excluding hydrogens is 362 g/mol. The third kappa shape index (κ3) is 3.54. The van der Waals surface area contributed by atoms with Gasteiger partial charge in [0.2, 0.25) is 0 Å². The number of nitrogens with zero attached hydrogens (tertiary/aromatic N) is 3. The standard InChI is InChI=1S/C20H25N3O5/c1-5-22-11-15(12(2)21-22)20(26)23-7-6-13-8-17(27-3)18(28-4)9-14(13)16(23)10-19(24)25/h8-9,11,16H,5-7,10H2,1-4H3,(H,24,25). The maximum absolute atomic E-state index is 13.3. The summed E-state index contributed by atoms with van der Waals surface area (Å²) < 4.78 is 12.5. The minimum atomic E-state index is -0.966. The molecular formula is C20H25N3O5. The van der Waals surface area contributed by atoms with Crippen molar-refractivity contribution in [2.75, 3.05) is 20.8 Å². The summed E-state index contributed by atoms with van der Waals surface area (Å²) in [7, 11) is 3.09. The maximum Gasteiger partial charge on any atom is 0.305 e. The van der Waals surface area contributed by atoms with E-state index in [0.29, 0.717) is 42.3 Å². The number of methoxy groups -OCH3 is 2. The van der Waals surface area contributed by atoms with Crippen LogP contribution in [-0.2, 0) is 17.8 Å². The highest BCUT2D eigenvalue weighted by Crippen LogP contribution is 2.40. The Morgan fingerprint density at radius 1 is 1.25 bits per heavy atom. The van der Waals surface area contributed by atoms with Gasteiger partial charge in [-0.25, -0.2) is 0 Å². The van der Waals surface area contributed by atoms with Crippen LogP contribution in [0.5, 0.6) is 11.5 Å². The number of hydrogen-bond donors (Lipinski definition) is 1. The first-order chi connectivity index (χ1) is 13.4. The summed E-state index contributed by atoms with van der Waals surface area (Å²) in [5, 5.41) is 13.8. The fourth-order valence-corrected chi connectivity index (χ4v) is 3.70. The monoisotopic (exact) mass is 387 g/mol. The Morgan fingerprint density at radius 3 is 2.50 bits per heavy atom. The van der Waals surface area contributed by atoms with Gasteiger partial charge < -0.3 is 19.5 Å². The molecule has 3 rings (SSSR count). The lowest BCUT2D eigenvalue weighted by atomic mass is 9.89. The number of aliphatic carboxylic acids is 1. The van der Waals surface area contributed by atoms with Crippen LogP contribution in [0.25, 0.3) is 0 Å². The number of rotatable bonds is 6. The summed E-state index contributed by atoms with van der Waals surface area (Å²) in [6.07, 6.45) is 2.15. The number of carboxylic acid groups (broad SMARTS) is 1. The van der Waals surface area contributed by atoms with Gasteiger partial charge in [0.25, 0.3) is 5.91 Å². The van der Waals surface area contributed by atoms with Gasteiger partial charge in [0.05, 0.1) is 37.9 Å². The molecule has 1 amide bonds. The molecule has 8 heteroatoms. The Balaban J connectivity index is 2.04. The largest absolute Gasteiger partial charge is 0.493 e. The number of carbonyl (C=O) groups is 2. The van der Waals surface area contributed by atoms with E-state index in [1.165, 1.54) is 7.11 Å². The van der Waals surface area contributed by atoms with Crippen molar-refractivity contribution in [3.63, 3.8) is 0 Å². The van der Waals surface area contributed by atoms with Crippen molar-refractivity contribution in [1.82, 2.24) is 14.7 Å². The molecule has 0 spiro atoms. The van der Waals surface area contributed by atoms with E-state index in [-0.39, 0.29) is 12.3 Å². The van der Waals surface area contributed by atoms with Crippen LogP contribution < -0.4 is 9.47 Å². The van der Waals surface area contributed by atoms with Gasteiger partial charge >= 0.3 is 5.97 Å². The van der Waals surface area contributed by atoms with Gasteiger partial charge in [-0.05, 0) is 43.5 Å². The van der Waals surface area contributed by atoms with Gasteiger partial charge in [0.1, 0.15) is 0 Å². The Morgan fingerprint density at radius 2 is 1.93 bits per heavy atom. The third-order valence-electron chi connectivity index (χ3n) is 5.13. The molecule has 150 valence electrons. The zero-order valence-electron chi connectivity index (χ0n) is 16.6. The van der Waals surface area contributed by atoms with Crippen molar-refractivity contribution in [2.24, 2.45) is 0 Å². The van der Waals surface area contributed by atoms with E-state index in [2.05, 4.69) is 5.10 Å². The predicted molar refractivity (Wildman–Crippen MR) is 102 cm³/mol. The second-order valence-corrected chi connectivity index (χ2v) is 6.75. The molecule has 2 aromatic rings. The van der Waals surface area contributed by atoms with Crippen LogP contribution >= 0.6 is 0 Å². The van der Waals surface area contributed by atoms with E-state index in [9.17, 15) is 14.7 Å². The highest BCUT2D eigenvalue weighted by Gasteiger charge is 2.35. The number of hydrogen-bond acceptors (Lipinski definition) is 5. The molecule has 28 heavy (non-hydrogen) atoms. The SMILES string of the molecule is CCn1cc(C(=O)N2CCc3cc(OC)c(OC)cc3C2CC(=O)O)c(C)n1. The number of aryl methyl sites for hydroxylation is 2. The first-order valence-electron chi connectivity index (χ1n) is 9.21. The van der Waals surface area contributed by atoms with E-state index in [1.807, 2.05) is 13.0 Å². The van der Waals surface area contributed by atoms with E-state index >= 15 is 0 Å². The molecule has 0 radical (unpaired) electrons. The summed E-state index contributed by atoms with van der Waals surface area (Å²) in [6, 6.07) is 3.06. The first-order valence-corrected chi connectivity index (χ1v) is 9.21. The van der Waals surface area contributed by atoms with Crippen molar-refractivity contribution in [2.45, 2.75) is 39.3 Å². The third-order valence-corrected chi connectivity index (χ3v) is 5.13. The quantitative estimate of drug-likeness (QED) is 0.818. The summed E-state index contributed by atoms with van der Waals surface area (Å²) in [6.45, 7) is 4.82. The molecule has 8 nitrogen and oxygen atoms in total. The number of aromatic nitrogens is 2. The molecule has 0 aliphatic carbocycles. The number of fused-ring (bicyclic) bond motifs is 1. The van der Waals surface area contributed by atoms with Crippen molar-refractivity contribution in [3.8, 4) is 11.5 Å². The van der Waals surface area contributed by atoms with E-state index in [1.54, 1.807) is 35.9 Å². The lowest BCUT2D eigenvalue weighted by molar-refractivity contribution is -0.138. The second kappa shape index (κ2) is 7.92. The van der Waals surface area contributed by atoms with Crippen molar-refractivity contribution >= 4 is 11.9 Å². The topological polar surface area (TPSA) is 93.9 Å². The minimum absolute atomic E-state index is 0.185. The maximum atomic E-state index is 13.3. The van der Waals surface area contributed by atoms with Gasteiger partial charge in [0, 0.05) is 19.3 Å². The molecule has 1 unspecified atom stereocenters. The molecule has 0 saturated heterocycles. The van der Waals surface area contributed by atoms with Gasteiger partial charge in [0.15, 0.2) is 11.5 Å². The molecule has 1 N–H and O–H groups in total. The zero-order valence-corrected chi connectivity index (χ0v) is 16.6. The Hall–Kier alpha value is -3.03. The second-order valence-electron chi connectivity index (χ2n) is 6.75. The molecule has 1 atom stereocenters. The lowest BCUT2D eigenvalue weighted by Gasteiger charge is -2.37. The van der Waals surface area contributed by atoms with Gasteiger partial charge in [-0.15, -0.1) is 0 Å². The fraction of sp³-hybridized carbons (Fsp3) is 0.450. The number of ether oxygens (including phenoxy) is 2. The van der Waals surface area contributed by atoms with Crippen LogP contribution in [0.3, 0.4) is 0 Å². The summed E-state index contributed by atoms with van der Waals surface area (Å²) >= 11 is 0. The average molecular weight is 387 g/mol. The molecule has 0 bridgehead atoms. The van der Waals surface area contributed by atoms with Gasteiger partial charge in [-0.3, -0.25) is 14.3 Å². The number of carboxylic acids is 1. The van der Waals surface area contributed by atoms with Crippen molar-refractivity contribution < 1.29 is 24.2 Å². The Kier molecular flexibility index (Phi) is 5.58. The molecule has 0 saturated carbocycles. The van der Waals surface area contributed by atoms with Crippen LogP contribution in [0.4, 0.5) is 0 Å². The highest BCUT2D eigenvalue weighted by atomic mass is 16.5. The summed E-state index contributed by atoms with van der Waals surface area (Å²) in [5.74, 6) is -0.0635. The van der Waals surface area contributed by atoms with Crippen molar-refractivity contribution in [3.05, 3.63) is 40.7 Å². The normalized spacial score (nSPS) is 15.9. The molecule has 1 aliphatic heterocycles. The Bertz CT molecular complexity index is 905. The average Bonchev–Trinajstić information content (AvgIpc) is 3.07. The van der Waals surface area contributed by atoms with Crippen LogP contribution in [0, 0.1) is 6.92 Å². The zero-order chi connectivity index (χ0) is 20.4. The van der Waals surface area contributed by atoms with Gasteiger partial charge in [-0.2, -0.15) is 5.10 Å². The number of amides is 1. The minimum Gasteiger partial charge on any atom is -0.493 e. The smallest absolute Gasteiger partial charge is 0.305 e. The molecule has 0 fully saturated rings. The molecule has 1 aliphatic rings.